The van der Waals surface area contributed by atoms with E-state index in [4.69, 9.17) is 0 Å². The zero-order valence-electron chi connectivity index (χ0n) is 13.3. The molecule has 1 atom stereocenters. The molecule has 0 bridgehead atoms. The molecule has 21 heavy (non-hydrogen) atoms. The molecule has 0 amide bonds. The van der Waals surface area contributed by atoms with Crippen molar-refractivity contribution in [1.82, 2.24) is 15.1 Å². The number of halogens is 1. The third-order valence-corrected chi connectivity index (χ3v) is 4.19. The van der Waals surface area contributed by atoms with Crippen molar-refractivity contribution in [2.24, 2.45) is 0 Å². The van der Waals surface area contributed by atoms with Crippen LogP contribution in [0.4, 0.5) is 4.39 Å². The summed E-state index contributed by atoms with van der Waals surface area (Å²) in [5, 5.41) is 3.56. The zero-order valence-corrected chi connectivity index (χ0v) is 13.3. The molecule has 0 aromatic heterocycles. The highest BCUT2D eigenvalue weighted by Crippen LogP contribution is 2.06. The Morgan fingerprint density at radius 3 is 2.48 bits per heavy atom. The van der Waals surface area contributed by atoms with Crippen molar-refractivity contribution in [3.63, 3.8) is 0 Å². The molecule has 1 aromatic carbocycles. The first kappa shape index (κ1) is 16.4. The van der Waals surface area contributed by atoms with E-state index in [1.807, 2.05) is 12.1 Å². The van der Waals surface area contributed by atoms with Gasteiger partial charge in [0.25, 0.3) is 0 Å². The molecule has 3 nitrogen and oxygen atoms in total. The summed E-state index contributed by atoms with van der Waals surface area (Å²) in [6, 6.07) is 7.25. The Morgan fingerprint density at radius 1 is 1.14 bits per heavy atom. The standard InChI is InChI=1S/C17H28FN3/c1-15(14-16-4-6-17(18)7-5-16)19-8-3-9-21-12-10-20(2)11-13-21/h4-7,15,19H,3,8-14H2,1-2H3. The van der Waals surface area contributed by atoms with Crippen LogP contribution in [0.15, 0.2) is 24.3 Å². The first-order valence-electron chi connectivity index (χ1n) is 8.02. The van der Waals surface area contributed by atoms with Gasteiger partial charge in [-0.15, -0.1) is 0 Å². The highest BCUT2D eigenvalue weighted by atomic mass is 19.1. The Labute approximate surface area is 128 Å². The molecule has 1 aliphatic rings. The molecule has 1 saturated heterocycles. The minimum absolute atomic E-state index is 0.161. The van der Waals surface area contributed by atoms with Crippen LogP contribution in [-0.2, 0) is 6.42 Å². The Morgan fingerprint density at radius 2 is 1.81 bits per heavy atom. The summed E-state index contributed by atoms with van der Waals surface area (Å²) in [4.78, 5) is 4.94. The summed E-state index contributed by atoms with van der Waals surface area (Å²) >= 11 is 0. The van der Waals surface area contributed by atoms with Crippen LogP contribution in [0.5, 0.6) is 0 Å². The molecule has 0 aliphatic carbocycles. The molecule has 1 aliphatic heterocycles. The van der Waals surface area contributed by atoms with E-state index >= 15 is 0 Å². The molecule has 1 unspecified atom stereocenters. The smallest absolute Gasteiger partial charge is 0.123 e. The lowest BCUT2D eigenvalue weighted by Gasteiger charge is -2.32. The number of hydrogen-bond acceptors (Lipinski definition) is 3. The predicted molar refractivity (Wildman–Crippen MR) is 86.1 cm³/mol. The average molecular weight is 293 g/mol. The van der Waals surface area contributed by atoms with Gasteiger partial charge in [-0.25, -0.2) is 4.39 Å². The normalized spacial score (nSPS) is 18.8. The van der Waals surface area contributed by atoms with Crippen LogP contribution < -0.4 is 5.32 Å². The maximum Gasteiger partial charge on any atom is 0.123 e. The van der Waals surface area contributed by atoms with Crippen LogP contribution in [-0.4, -0.2) is 62.2 Å². The third kappa shape index (κ3) is 6.12. The minimum atomic E-state index is -0.161. The van der Waals surface area contributed by atoms with E-state index in [2.05, 4.69) is 29.1 Å². The summed E-state index contributed by atoms with van der Waals surface area (Å²) in [5.74, 6) is -0.161. The minimum Gasteiger partial charge on any atom is -0.314 e. The molecule has 118 valence electrons. The van der Waals surface area contributed by atoms with Crippen molar-refractivity contribution in [1.29, 1.82) is 0 Å². The average Bonchev–Trinajstić information content (AvgIpc) is 2.48. The molecule has 1 heterocycles. The molecule has 2 rings (SSSR count). The van der Waals surface area contributed by atoms with E-state index in [-0.39, 0.29) is 5.82 Å². The number of nitrogens with zero attached hydrogens (tertiary/aromatic N) is 2. The van der Waals surface area contributed by atoms with Gasteiger partial charge in [-0.3, -0.25) is 0 Å². The molecule has 0 saturated carbocycles. The van der Waals surface area contributed by atoms with Crippen LogP contribution in [0, 0.1) is 5.82 Å². The van der Waals surface area contributed by atoms with E-state index in [9.17, 15) is 4.39 Å². The highest BCUT2D eigenvalue weighted by molar-refractivity contribution is 5.16. The van der Waals surface area contributed by atoms with Crippen LogP contribution >= 0.6 is 0 Å². The Hall–Kier alpha value is -0.970. The highest BCUT2D eigenvalue weighted by Gasteiger charge is 2.12. The predicted octanol–water partition coefficient (Wildman–Crippen LogP) is 1.98. The van der Waals surface area contributed by atoms with Crippen LogP contribution in [0.3, 0.4) is 0 Å². The van der Waals surface area contributed by atoms with E-state index in [1.165, 1.54) is 56.8 Å². The SMILES string of the molecule is CC(Cc1ccc(F)cc1)NCCCN1CCN(C)CC1. The lowest BCUT2D eigenvalue weighted by molar-refractivity contribution is 0.152. The summed E-state index contributed by atoms with van der Waals surface area (Å²) in [6.07, 6.45) is 2.15. The monoisotopic (exact) mass is 293 g/mol. The molecule has 0 radical (unpaired) electrons. The fraction of sp³-hybridized carbons (Fsp3) is 0.647. The van der Waals surface area contributed by atoms with Gasteiger partial charge < -0.3 is 15.1 Å². The molecule has 1 fully saturated rings. The maximum atomic E-state index is 12.9. The van der Waals surface area contributed by atoms with Crippen molar-refractivity contribution in [3.8, 4) is 0 Å². The lowest BCUT2D eigenvalue weighted by Crippen LogP contribution is -2.45. The zero-order chi connectivity index (χ0) is 15.1. The van der Waals surface area contributed by atoms with E-state index in [0.717, 1.165) is 13.0 Å². The summed E-state index contributed by atoms with van der Waals surface area (Å²) < 4.78 is 12.9. The number of benzene rings is 1. The van der Waals surface area contributed by atoms with E-state index < -0.39 is 0 Å². The van der Waals surface area contributed by atoms with Gasteiger partial charge >= 0.3 is 0 Å². The van der Waals surface area contributed by atoms with E-state index in [0.29, 0.717) is 6.04 Å². The van der Waals surface area contributed by atoms with Crippen molar-refractivity contribution in [2.75, 3.05) is 46.3 Å². The topological polar surface area (TPSA) is 18.5 Å². The summed E-state index contributed by atoms with van der Waals surface area (Å²) in [7, 11) is 2.19. The van der Waals surface area contributed by atoms with Gasteiger partial charge in [0.05, 0.1) is 0 Å². The second kappa shape index (κ2) is 8.47. The van der Waals surface area contributed by atoms with Crippen molar-refractivity contribution >= 4 is 0 Å². The summed E-state index contributed by atoms with van der Waals surface area (Å²) in [5.41, 5.74) is 1.19. The fourth-order valence-electron chi connectivity index (χ4n) is 2.77. The second-order valence-corrected chi connectivity index (χ2v) is 6.18. The van der Waals surface area contributed by atoms with Gasteiger partial charge in [0, 0.05) is 32.2 Å². The van der Waals surface area contributed by atoms with Crippen LogP contribution in [0.1, 0.15) is 18.9 Å². The molecular formula is C17H28FN3. The molecular weight excluding hydrogens is 265 g/mol. The van der Waals surface area contributed by atoms with Crippen LogP contribution in [0.2, 0.25) is 0 Å². The molecule has 1 N–H and O–H groups in total. The maximum absolute atomic E-state index is 12.9. The molecule has 0 spiro atoms. The number of rotatable bonds is 7. The van der Waals surface area contributed by atoms with Gasteiger partial charge in [-0.1, -0.05) is 12.1 Å². The second-order valence-electron chi connectivity index (χ2n) is 6.18. The van der Waals surface area contributed by atoms with Gasteiger partial charge in [0.1, 0.15) is 5.82 Å². The van der Waals surface area contributed by atoms with Gasteiger partial charge in [0.15, 0.2) is 0 Å². The number of hydrogen-bond donors (Lipinski definition) is 1. The van der Waals surface area contributed by atoms with Crippen LogP contribution in [0.25, 0.3) is 0 Å². The van der Waals surface area contributed by atoms with Crippen molar-refractivity contribution in [2.45, 2.75) is 25.8 Å². The first-order chi connectivity index (χ1) is 10.1. The largest absolute Gasteiger partial charge is 0.314 e. The van der Waals surface area contributed by atoms with Gasteiger partial charge in [-0.2, -0.15) is 0 Å². The Bertz CT molecular complexity index is 399. The first-order valence-corrected chi connectivity index (χ1v) is 8.02. The number of likely N-dealkylation sites (N-methyl/N-ethyl adjacent to an activating group) is 1. The number of nitrogens with one attached hydrogen (secondary N) is 1. The van der Waals surface area contributed by atoms with E-state index in [1.54, 1.807) is 0 Å². The third-order valence-electron chi connectivity index (χ3n) is 4.19. The summed E-state index contributed by atoms with van der Waals surface area (Å²) in [6.45, 7) is 9.20. The Balaban J connectivity index is 1.57. The molecule has 1 aromatic rings. The number of piperazine rings is 1. The fourth-order valence-corrected chi connectivity index (χ4v) is 2.77. The Kier molecular flexibility index (Phi) is 6.61. The van der Waals surface area contributed by atoms with Gasteiger partial charge in [-0.05, 0) is 57.6 Å². The quantitative estimate of drug-likeness (QED) is 0.776. The molecule has 4 heteroatoms. The van der Waals surface area contributed by atoms with Crippen molar-refractivity contribution in [3.05, 3.63) is 35.6 Å². The van der Waals surface area contributed by atoms with Crippen molar-refractivity contribution < 1.29 is 4.39 Å². The lowest BCUT2D eigenvalue weighted by atomic mass is 10.1. The van der Waals surface area contributed by atoms with Gasteiger partial charge in [0.2, 0.25) is 0 Å².